The van der Waals surface area contributed by atoms with Crippen LogP contribution in [-0.2, 0) is 25.5 Å². The monoisotopic (exact) mass is 459 g/mol. The van der Waals surface area contributed by atoms with Crippen molar-refractivity contribution in [2.24, 2.45) is 0 Å². The molecule has 0 unspecified atom stereocenters. The number of imide groups is 1. The summed E-state index contributed by atoms with van der Waals surface area (Å²) in [7, 11) is 0. The van der Waals surface area contributed by atoms with Crippen molar-refractivity contribution in [1.29, 1.82) is 0 Å². The molecule has 3 atom stereocenters. The molecule has 1 aromatic carbocycles. The second-order valence-corrected chi connectivity index (χ2v) is 9.36. The number of ether oxygens (including phenoxy) is 2. The standard InChI is InChI=1S/C24H33N3O6/c1-5-32-21(29)19(14-16-10-7-6-8-11-16)27-20(28)15-18-17(12-9-13-26(18)23(27)31)25-22(30)33-24(2,3)4/h6-8,10-11,17-19H,5,9,12-15H2,1-4H3,(H,25,30)/t17-,18+,19+/m1/s1. The molecule has 0 radical (unpaired) electrons. The number of amides is 4. The van der Waals surface area contributed by atoms with Gasteiger partial charge in [-0.2, -0.15) is 0 Å². The molecule has 4 amide bonds. The summed E-state index contributed by atoms with van der Waals surface area (Å²) in [5, 5.41) is 2.83. The fourth-order valence-electron chi connectivity index (χ4n) is 4.36. The molecule has 2 fully saturated rings. The predicted octanol–water partition coefficient (Wildman–Crippen LogP) is 2.87. The predicted molar refractivity (Wildman–Crippen MR) is 120 cm³/mol. The van der Waals surface area contributed by atoms with Gasteiger partial charge in [-0.3, -0.25) is 4.79 Å². The zero-order valence-electron chi connectivity index (χ0n) is 19.7. The van der Waals surface area contributed by atoms with Crippen molar-refractivity contribution < 1.29 is 28.7 Å². The number of nitrogens with zero attached hydrogens (tertiary/aromatic N) is 2. The van der Waals surface area contributed by atoms with Crippen LogP contribution >= 0.6 is 0 Å². The molecular weight excluding hydrogens is 426 g/mol. The maximum Gasteiger partial charge on any atom is 0.407 e. The van der Waals surface area contributed by atoms with Crippen LogP contribution in [0.5, 0.6) is 0 Å². The molecule has 0 aliphatic carbocycles. The normalized spacial score (nSPS) is 21.8. The third-order valence-electron chi connectivity index (χ3n) is 5.73. The van der Waals surface area contributed by atoms with Crippen LogP contribution in [0.2, 0.25) is 0 Å². The van der Waals surface area contributed by atoms with Crippen LogP contribution in [0.15, 0.2) is 30.3 Å². The Morgan fingerprint density at radius 3 is 2.52 bits per heavy atom. The first-order valence-corrected chi connectivity index (χ1v) is 11.4. The molecule has 180 valence electrons. The van der Waals surface area contributed by atoms with E-state index in [0.717, 1.165) is 10.5 Å². The van der Waals surface area contributed by atoms with E-state index in [4.69, 9.17) is 9.47 Å². The molecule has 0 aromatic heterocycles. The van der Waals surface area contributed by atoms with E-state index in [1.165, 1.54) is 0 Å². The third-order valence-corrected chi connectivity index (χ3v) is 5.73. The average Bonchev–Trinajstić information content (AvgIpc) is 2.73. The van der Waals surface area contributed by atoms with Gasteiger partial charge < -0.3 is 19.7 Å². The summed E-state index contributed by atoms with van der Waals surface area (Å²) < 4.78 is 10.6. The zero-order valence-corrected chi connectivity index (χ0v) is 19.7. The minimum Gasteiger partial charge on any atom is -0.464 e. The highest BCUT2D eigenvalue weighted by Gasteiger charge is 2.48. The second-order valence-electron chi connectivity index (χ2n) is 9.36. The number of esters is 1. The number of piperidine rings is 1. The van der Waals surface area contributed by atoms with Crippen molar-refractivity contribution in [3.8, 4) is 0 Å². The SMILES string of the molecule is CCOC(=O)[C@H](Cc1ccccc1)N1C(=O)C[C@H]2[C@H](NC(=O)OC(C)(C)C)CCCN2C1=O. The van der Waals surface area contributed by atoms with Crippen LogP contribution in [0.4, 0.5) is 9.59 Å². The van der Waals surface area contributed by atoms with Gasteiger partial charge in [-0.15, -0.1) is 0 Å². The van der Waals surface area contributed by atoms with Crippen molar-refractivity contribution in [3.63, 3.8) is 0 Å². The van der Waals surface area contributed by atoms with Crippen molar-refractivity contribution in [2.45, 2.75) is 77.1 Å². The quantitative estimate of drug-likeness (QED) is 0.656. The molecule has 0 saturated carbocycles. The lowest BCUT2D eigenvalue weighted by molar-refractivity contribution is -0.155. The van der Waals surface area contributed by atoms with Gasteiger partial charge in [0.2, 0.25) is 5.91 Å². The van der Waals surface area contributed by atoms with E-state index in [9.17, 15) is 19.2 Å². The summed E-state index contributed by atoms with van der Waals surface area (Å²) in [5.41, 5.74) is 0.166. The lowest BCUT2D eigenvalue weighted by Crippen LogP contribution is -2.67. The first-order valence-electron chi connectivity index (χ1n) is 11.4. The highest BCUT2D eigenvalue weighted by atomic mass is 16.6. The molecule has 0 bridgehead atoms. The highest BCUT2D eigenvalue weighted by molar-refractivity contribution is 6.01. The van der Waals surface area contributed by atoms with Crippen molar-refractivity contribution >= 4 is 24.0 Å². The van der Waals surface area contributed by atoms with Crippen LogP contribution in [-0.4, -0.2) is 70.7 Å². The number of rotatable bonds is 6. The van der Waals surface area contributed by atoms with Crippen LogP contribution in [0.1, 0.15) is 52.5 Å². The fraction of sp³-hybridized carbons (Fsp3) is 0.583. The molecule has 9 nitrogen and oxygen atoms in total. The summed E-state index contributed by atoms with van der Waals surface area (Å²) in [4.78, 5) is 54.4. The molecule has 0 spiro atoms. The Labute approximate surface area is 194 Å². The minimum absolute atomic E-state index is 0.0108. The number of hydrogen-bond donors (Lipinski definition) is 1. The maximum atomic E-state index is 13.4. The lowest BCUT2D eigenvalue weighted by Gasteiger charge is -2.47. The molecule has 1 aromatic rings. The van der Waals surface area contributed by atoms with Gasteiger partial charge in [0.1, 0.15) is 11.6 Å². The molecule has 2 heterocycles. The Balaban J connectivity index is 1.80. The van der Waals surface area contributed by atoms with Gasteiger partial charge in [0.15, 0.2) is 0 Å². The van der Waals surface area contributed by atoms with Gasteiger partial charge in [0.05, 0.1) is 18.7 Å². The number of fused-ring (bicyclic) bond motifs is 1. The van der Waals surface area contributed by atoms with E-state index in [-0.39, 0.29) is 19.4 Å². The van der Waals surface area contributed by atoms with Crippen molar-refractivity contribution in [1.82, 2.24) is 15.1 Å². The van der Waals surface area contributed by atoms with Gasteiger partial charge in [-0.25, -0.2) is 19.3 Å². The zero-order chi connectivity index (χ0) is 24.2. The van der Waals surface area contributed by atoms with Gasteiger partial charge in [-0.1, -0.05) is 30.3 Å². The summed E-state index contributed by atoms with van der Waals surface area (Å²) in [5.74, 6) is -1.06. The number of carbonyl (C=O) groups excluding carboxylic acids is 4. The molecule has 2 saturated heterocycles. The Kier molecular flexibility index (Phi) is 7.61. The average molecular weight is 460 g/mol. The van der Waals surface area contributed by atoms with Gasteiger partial charge in [0.25, 0.3) is 0 Å². The van der Waals surface area contributed by atoms with Crippen LogP contribution in [0.3, 0.4) is 0 Å². The van der Waals surface area contributed by atoms with Crippen LogP contribution in [0.25, 0.3) is 0 Å². The first kappa shape index (κ1) is 24.5. The molecule has 2 aliphatic heterocycles. The second kappa shape index (κ2) is 10.2. The number of alkyl carbamates (subject to hydrolysis) is 1. The van der Waals surface area contributed by atoms with E-state index in [1.807, 2.05) is 30.3 Å². The largest absolute Gasteiger partial charge is 0.464 e. The first-order chi connectivity index (χ1) is 15.6. The van der Waals surface area contributed by atoms with E-state index in [2.05, 4.69) is 5.32 Å². The lowest BCUT2D eigenvalue weighted by atomic mass is 9.91. The van der Waals surface area contributed by atoms with Gasteiger partial charge >= 0.3 is 18.1 Å². The molecule has 1 N–H and O–H groups in total. The summed E-state index contributed by atoms with van der Waals surface area (Å²) in [6.07, 6.45) is 0.900. The topological polar surface area (TPSA) is 105 Å². The Morgan fingerprint density at radius 1 is 1.18 bits per heavy atom. The number of hydrogen-bond acceptors (Lipinski definition) is 6. The van der Waals surface area contributed by atoms with Crippen LogP contribution < -0.4 is 5.32 Å². The molecule has 2 aliphatic rings. The molecule has 3 rings (SSSR count). The van der Waals surface area contributed by atoms with Gasteiger partial charge in [-0.05, 0) is 46.1 Å². The molecule has 33 heavy (non-hydrogen) atoms. The van der Waals surface area contributed by atoms with E-state index < -0.39 is 47.7 Å². The smallest absolute Gasteiger partial charge is 0.407 e. The minimum atomic E-state index is -1.05. The Morgan fingerprint density at radius 2 is 1.88 bits per heavy atom. The Hall–Kier alpha value is -3.10. The number of benzene rings is 1. The number of carbonyl (C=O) groups is 4. The summed E-state index contributed by atoms with van der Waals surface area (Å²) in [6.45, 7) is 7.59. The summed E-state index contributed by atoms with van der Waals surface area (Å²) >= 11 is 0. The maximum absolute atomic E-state index is 13.4. The van der Waals surface area contributed by atoms with Crippen LogP contribution in [0, 0.1) is 0 Å². The molecular formula is C24H33N3O6. The van der Waals surface area contributed by atoms with Gasteiger partial charge in [0, 0.05) is 19.4 Å². The highest BCUT2D eigenvalue weighted by Crippen LogP contribution is 2.29. The van der Waals surface area contributed by atoms with E-state index in [1.54, 1.807) is 32.6 Å². The van der Waals surface area contributed by atoms with Crippen molar-refractivity contribution in [3.05, 3.63) is 35.9 Å². The molecule has 9 heteroatoms. The fourth-order valence-corrected chi connectivity index (χ4v) is 4.36. The Bertz CT molecular complexity index is 882. The number of urea groups is 1. The van der Waals surface area contributed by atoms with E-state index >= 15 is 0 Å². The number of nitrogens with one attached hydrogen (secondary N) is 1. The van der Waals surface area contributed by atoms with E-state index in [0.29, 0.717) is 19.4 Å². The third kappa shape index (κ3) is 6.03. The summed E-state index contributed by atoms with van der Waals surface area (Å²) in [6, 6.07) is 6.76. The van der Waals surface area contributed by atoms with Crippen molar-refractivity contribution in [2.75, 3.05) is 13.2 Å².